The number of aliphatic hydroxyl groups excluding tert-OH is 1. The molecule has 4 aromatic rings. The Bertz CT molecular complexity index is 1610. The molecule has 1 N–H and O–H groups in total. The van der Waals surface area contributed by atoms with Crippen LogP contribution >= 0.6 is 23.2 Å². The Hall–Kier alpha value is -4.01. The van der Waals surface area contributed by atoms with Crippen molar-refractivity contribution >= 4 is 51.5 Å². The molecule has 3 aromatic carbocycles. The predicted molar refractivity (Wildman–Crippen MR) is 136 cm³/mol. The topological polar surface area (TPSA) is 89.2 Å². The molecule has 0 saturated carbocycles. The number of carbonyl (C=O) groups excluding carboxylic acids is 2. The van der Waals surface area contributed by atoms with E-state index in [-0.39, 0.29) is 27.6 Å². The maximum absolute atomic E-state index is 13.9. The molecule has 1 aliphatic heterocycles. The molecule has 0 fully saturated rings. The maximum Gasteiger partial charge on any atom is 0.294 e. The van der Waals surface area contributed by atoms with Crippen molar-refractivity contribution in [2.75, 3.05) is 19.1 Å². The van der Waals surface area contributed by atoms with Crippen molar-refractivity contribution < 1.29 is 33.0 Å². The summed E-state index contributed by atoms with van der Waals surface area (Å²) in [5.74, 6) is -2.57. The van der Waals surface area contributed by atoms with Crippen LogP contribution in [0.3, 0.4) is 0 Å². The zero-order valence-corrected chi connectivity index (χ0v) is 20.9. The van der Waals surface area contributed by atoms with Crippen molar-refractivity contribution in [3.05, 3.63) is 99.2 Å². The predicted octanol–water partition coefficient (Wildman–Crippen LogP) is 6.68. The summed E-state index contributed by atoms with van der Waals surface area (Å²) in [6.45, 7) is 0. The van der Waals surface area contributed by atoms with Crippen LogP contribution in [-0.2, 0) is 4.79 Å². The second kappa shape index (κ2) is 9.46. The summed E-state index contributed by atoms with van der Waals surface area (Å²) in [6.07, 6.45) is 0. The lowest BCUT2D eigenvalue weighted by Gasteiger charge is -2.28. The SMILES string of the molecule is COc1ccccc1C1C(C(=O)c2cc3cc(Cl)cc(OC)c3o2)=C(O)C(=O)N1c1ccc(F)c(Cl)c1. The Morgan fingerprint density at radius 3 is 2.46 bits per heavy atom. The number of hydrogen-bond acceptors (Lipinski definition) is 6. The number of benzene rings is 3. The van der Waals surface area contributed by atoms with Crippen molar-refractivity contribution in [2.45, 2.75) is 6.04 Å². The number of ether oxygens (including phenoxy) is 2. The molecule has 7 nitrogen and oxygen atoms in total. The molecular formula is C27H18Cl2FNO6. The zero-order chi connectivity index (χ0) is 26.4. The van der Waals surface area contributed by atoms with E-state index in [1.54, 1.807) is 30.3 Å². The fourth-order valence-electron chi connectivity index (χ4n) is 4.41. The number of furan rings is 1. The minimum atomic E-state index is -1.14. The van der Waals surface area contributed by atoms with E-state index in [1.165, 1.54) is 38.5 Å². The molecule has 5 rings (SSSR count). The summed E-state index contributed by atoms with van der Waals surface area (Å²) in [5.41, 5.74) is 0.595. The van der Waals surface area contributed by atoms with Crippen LogP contribution in [0.4, 0.5) is 10.1 Å². The van der Waals surface area contributed by atoms with Gasteiger partial charge < -0.3 is 19.0 Å². The monoisotopic (exact) mass is 541 g/mol. The normalized spacial score (nSPS) is 15.5. The van der Waals surface area contributed by atoms with E-state index in [1.807, 2.05) is 0 Å². The van der Waals surface area contributed by atoms with Crippen molar-refractivity contribution in [1.29, 1.82) is 0 Å². The minimum absolute atomic E-state index is 0.149. The lowest BCUT2D eigenvalue weighted by molar-refractivity contribution is -0.117. The Kier molecular flexibility index (Phi) is 6.31. The number of halogens is 3. The molecule has 0 bridgehead atoms. The minimum Gasteiger partial charge on any atom is -0.503 e. The number of para-hydroxylation sites is 1. The number of rotatable bonds is 6. The van der Waals surface area contributed by atoms with Crippen LogP contribution in [-0.4, -0.2) is 31.0 Å². The molecule has 1 unspecified atom stereocenters. The number of hydrogen-bond donors (Lipinski definition) is 1. The maximum atomic E-state index is 13.9. The number of anilines is 1. The highest BCUT2D eigenvalue weighted by molar-refractivity contribution is 6.32. The summed E-state index contributed by atoms with van der Waals surface area (Å²) in [4.78, 5) is 28.4. The van der Waals surface area contributed by atoms with E-state index >= 15 is 0 Å². The smallest absolute Gasteiger partial charge is 0.294 e. The average Bonchev–Trinajstić information content (AvgIpc) is 3.43. The van der Waals surface area contributed by atoms with E-state index in [2.05, 4.69) is 0 Å². The largest absolute Gasteiger partial charge is 0.503 e. The summed E-state index contributed by atoms with van der Waals surface area (Å²) < 4.78 is 30.5. The van der Waals surface area contributed by atoms with Crippen molar-refractivity contribution in [3.63, 3.8) is 0 Å². The first kappa shape index (κ1) is 24.7. The molecule has 2 heterocycles. The van der Waals surface area contributed by atoms with Crippen LogP contribution in [0, 0.1) is 5.82 Å². The van der Waals surface area contributed by atoms with E-state index in [0.717, 1.165) is 11.0 Å². The number of Topliss-reactive ketones (excluding diaryl/α,β-unsaturated/α-hetero) is 1. The third-order valence-electron chi connectivity index (χ3n) is 6.06. The molecular weight excluding hydrogens is 524 g/mol. The van der Waals surface area contributed by atoms with Gasteiger partial charge in [0.15, 0.2) is 22.9 Å². The Labute approximate surface area is 220 Å². The molecule has 1 atom stereocenters. The highest BCUT2D eigenvalue weighted by atomic mass is 35.5. The van der Waals surface area contributed by atoms with Gasteiger partial charge in [0.05, 0.1) is 30.9 Å². The highest BCUT2D eigenvalue weighted by Gasteiger charge is 2.46. The fraction of sp³-hybridized carbons (Fsp3) is 0.111. The van der Waals surface area contributed by atoms with Crippen molar-refractivity contribution in [3.8, 4) is 11.5 Å². The second-order valence-electron chi connectivity index (χ2n) is 8.15. The van der Waals surface area contributed by atoms with Crippen LogP contribution in [0.1, 0.15) is 22.2 Å². The van der Waals surface area contributed by atoms with Gasteiger partial charge >= 0.3 is 0 Å². The molecule has 0 spiro atoms. The number of ketones is 1. The van der Waals surface area contributed by atoms with Gasteiger partial charge in [-0.3, -0.25) is 14.5 Å². The molecule has 1 aromatic heterocycles. The standard InChI is InChI=1S/C27H18Cl2FNO6/c1-35-19-6-4-3-5-16(19)23-22(25(33)27(34)31(23)15-7-8-18(30)17(29)12-15)24(32)20-10-13-9-14(28)11-21(36-2)26(13)37-20/h3-12,23,33H,1-2H3. The number of fused-ring (bicyclic) bond motifs is 1. The first-order chi connectivity index (χ1) is 17.7. The van der Waals surface area contributed by atoms with Crippen LogP contribution in [0.25, 0.3) is 11.0 Å². The van der Waals surface area contributed by atoms with Crippen LogP contribution in [0.5, 0.6) is 11.5 Å². The van der Waals surface area contributed by atoms with Gasteiger partial charge in [-0.05, 0) is 36.4 Å². The lowest BCUT2D eigenvalue weighted by atomic mass is 9.94. The third kappa shape index (κ3) is 4.08. The molecule has 1 amide bonds. The molecule has 188 valence electrons. The van der Waals surface area contributed by atoms with Gasteiger partial charge in [0, 0.05) is 27.7 Å². The zero-order valence-electron chi connectivity index (χ0n) is 19.4. The Morgan fingerprint density at radius 2 is 1.76 bits per heavy atom. The van der Waals surface area contributed by atoms with Gasteiger partial charge in [-0.15, -0.1) is 0 Å². The van der Waals surface area contributed by atoms with Crippen LogP contribution < -0.4 is 14.4 Å². The number of nitrogens with zero attached hydrogens (tertiary/aromatic N) is 1. The first-order valence-electron chi connectivity index (χ1n) is 10.9. The second-order valence-corrected chi connectivity index (χ2v) is 8.99. The lowest BCUT2D eigenvalue weighted by Crippen LogP contribution is -2.31. The first-order valence-corrected chi connectivity index (χ1v) is 11.7. The summed E-state index contributed by atoms with van der Waals surface area (Å²) in [7, 11) is 2.87. The van der Waals surface area contributed by atoms with Crippen molar-refractivity contribution in [2.24, 2.45) is 0 Å². The highest BCUT2D eigenvalue weighted by Crippen LogP contribution is 2.46. The number of amides is 1. The molecule has 10 heteroatoms. The summed E-state index contributed by atoms with van der Waals surface area (Å²) in [6, 6.07) is 13.8. The van der Waals surface area contributed by atoms with Gasteiger partial charge in [0.2, 0.25) is 5.78 Å². The van der Waals surface area contributed by atoms with Gasteiger partial charge in [0.25, 0.3) is 5.91 Å². The van der Waals surface area contributed by atoms with Crippen LogP contribution in [0.2, 0.25) is 10.0 Å². The Morgan fingerprint density at radius 1 is 1.03 bits per heavy atom. The molecule has 0 aliphatic carbocycles. The van der Waals surface area contributed by atoms with E-state index < -0.39 is 29.3 Å². The number of carbonyl (C=O) groups is 2. The number of aliphatic hydroxyl groups is 1. The molecule has 37 heavy (non-hydrogen) atoms. The third-order valence-corrected chi connectivity index (χ3v) is 6.57. The van der Waals surface area contributed by atoms with Crippen molar-refractivity contribution in [1.82, 2.24) is 0 Å². The van der Waals surface area contributed by atoms with Gasteiger partial charge in [-0.1, -0.05) is 41.4 Å². The molecule has 1 aliphatic rings. The van der Waals surface area contributed by atoms with E-state index in [9.17, 15) is 19.1 Å². The number of methoxy groups -OCH3 is 2. The van der Waals surface area contributed by atoms with Gasteiger partial charge in [-0.25, -0.2) is 4.39 Å². The quantitative estimate of drug-likeness (QED) is 0.274. The fourth-order valence-corrected chi connectivity index (χ4v) is 4.80. The van der Waals surface area contributed by atoms with Crippen LogP contribution in [0.15, 0.2) is 76.4 Å². The summed E-state index contributed by atoms with van der Waals surface area (Å²) >= 11 is 12.1. The Balaban J connectivity index is 1.70. The average molecular weight is 542 g/mol. The van der Waals surface area contributed by atoms with Gasteiger partial charge in [0.1, 0.15) is 11.6 Å². The molecule has 0 saturated heterocycles. The van der Waals surface area contributed by atoms with E-state index in [4.69, 9.17) is 37.1 Å². The summed E-state index contributed by atoms with van der Waals surface area (Å²) in [5, 5.41) is 11.6. The molecule has 0 radical (unpaired) electrons. The van der Waals surface area contributed by atoms with Gasteiger partial charge in [-0.2, -0.15) is 0 Å². The van der Waals surface area contributed by atoms with E-state index in [0.29, 0.717) is 27.5 Å².